The van der Waals surface area contributed by atoms with E-state index in [1.54, 1.807) is 36.4 Å². The molecule has 0 N–H and O–H groups in total. The van der Waals surface area contributed by atoms with Gasteiger partial charge in [0.2, 0.25) is 0 Å². The number of rotatable bonds is 2. The van der Waals surface area contributed by atoms with Crippen molar-refractivity contribution >= 4 is 41.1 Å². The molecule has 0 radical (unpaired) electrons. The van der Waals surface area contributed by atoms with Crippen molar-refractivity contribution in [2.75, 3.05) is 0 Å². The highest BCUT2D eigenvalue weighted by Gasteiger charge is 2.54. The van der Waals surface area contributed by atoms with E-state index in [9.17, 15) is 14.4 Å². The van der Waals surface area contributed by atoms with Crippen LogP contribution in [0.15, 0.2) is 48.5 Å². The summed E-state index contributed by atoms with van der Waals surface area (Å²) in [5, 5.41) is -0.0239. The van der Waals surface area contributed by atoms with Crippen LogP contribution in [0.3, 0.4) is 0 Å². The van der Waals surface area contributed by atoms with Crippen molar-refractivity contribution in [3.63, 3.8) is 0 Å². The molecule has 0 saturated heterocycles. The molecule has 3 aromatic carbocycles. The highest BCUT2D eigenvalue weighted by Crippen LogP contribution is 2.60. The third kappa shape index (κ3) is 3.08. The molecule has 166 valence electrons. The Morgan fingerprint density at radius 2 is 1.30 bits per heavy atom. The van der Waals surface area contributed by atoms with Crippen molar-refractivity contribution in [1.82, 2.24) is 0 Å². The summed E-state index contributed by atoms with van der Waals surface area (Å²) >= 11 is 13.1. The summed E-state index contributed by atoms with van der Waals surface area (Å²) in [6, 6.07) is 13.2. The van der Waals surface area contributed by atoms with E-state index in [4.69, 9.17) is 42.1 Å². The molecule has 0 bridgehead atoms. The third-order valence-corrected chi connectivity index (χ3v) is 6.08. The van der Waals surface area contributed by atoms with Crippen molar-refractivity contribution in [2.45, 2.75) is 19.4 Å². The molecule has 0 fully saturated rings. The van der Waals surface area contributed by atoms with Gasteiger partial charge in [0, 0.05) is 30.5 Å². The molecule has 2 heterocycles. The fraction of sp³-hybridized carbons (Fsp3) is 0.125. The highest BCUT2D eigenvalue weighted by atomic mass is 35.5. The lowest BCUT2D eigenvalue weighted by atomic mass is 9.77. The molecule has 0 atom stereocenters. The second kappa shape index (κ2) is 7.50. The highest BCUT2D eigenvalue weighted by molar-refractivity contribution is 6.35. The van der Waals surface area contributed by atoms with Crippen molar-refractivity contribution in [3.8, 4) is 23.0 Å². The lowest BCUT2D eigenvalue weighted by molar-refractivity contribution is -0.132. The van der Waals surface area contributed by atoms with E-state index >= 15 is 0 Å². The number of carbonyl (C=O) groups is 3. The molecule has 5 rings (SSSR count). The number of halogens is 2. The molecule has 9 heteroatoms. The van der Waals surface area contributed by atoms with Crippen LogP contribution >= 0.6 is 23.2 Å². The summed E-state index contributed by atoms with van der Waals surface area (Å²) in [4.78, 5) is 35.9. The first-order chi connectivity index (χ1) is 15.7. The smallest absolute Gasteiger partial charge is 0.340 e. The number of benzene rings is 3. The summed E-state index contributed by atoms with van der Waals surface area (Å²) in [7, 11) is 0. The maximum Gasteiger partial charge on any atom is 0.340 e. The van der Waals surface area contributed by atoms with Gasteiger partial charge in [0.25, 0.3) is 0 Å². The van der Waals surface area contributed by atoms with Gasteiger partial charge in [-0.1, -0.05) is 41.4 Å². The van der Waals surface area contributed by atoms with E-state index < -0.39 is 23.5 Å². The van der Waals surface area contributed by atoms with Gasteiger partial charge in [0.1, 0.15) is 10.0 Å². The van der Waals surface area contributed by atoms with Gasteiger partial charge in [-0.3, -0.25) is 9.59 Å². The molecule has 0 aliphatic carbocycles. The number of ether oxygens (including phenoxy) is 4. The summed E-state index contributed by atoms with van der Waals surface area (Å²) in [6.07, 6.45) is 0. The predicted octanol–water partition coefficient (Wildman–Crippen LogP) is 5.41. The van der Waals surface area contributed by atoms with E-state index in [0.29, 0.717) is 22.3 Å². The maximum absolute atomic E-state index is 12.9. The lowest BCUT2D eigenvalue weighted by Crippen LogP contribution is -2.33. The van der Waals surface area contributed by atoms with Crippen molar-refractivity contribution in [3.05, 3.63) is 80.8 Å². The summed E-state index contributed by atoms with van der Waals surface area (Å²) in [5.41, 5.74) is 0.342. The number of fused-ring (bicyclic) bond motifs is 6. The van der Waals surface area contributed by atoms with E-state index in [0.717, 1.165) is 0 Å². The minimum absolute atomic E-state index is 0.0119. The Hall–Kier alpha value is -3.55. The zero-order chi connectivity index (χ0) is 23.5. The van der Waals surface area contributed by atoms with Crippen LogP contribution in [0.25, 0.3) is 0 Å². The van der Waals surface area contributed by atoms with Gasteiger partial charge >= 0.3 is 17.9 Å². The van der Waals surface area contributed by atoms with Crippen LogP contribution in [0.2, 0.25) is 10.0 Å². The summed E-state index contributed by atoms with van der Waals surface area (Å²) in [5.74, 6) is -1.38. The first-order valence-corrected chi connectivity index (χ1v) is 10.5. The molecule has 0 aromatic heterocycles. The standard InChI is InChI=1S/C24H14Cl2O7/c1-11(27)30-17-9-7-15-21(19(17)25)32-22-16(8-10-18(20(22)26)31-12(2)28)24(15)14-6-4-3-5-13(14)23(29)33-24/h3-10H,1-2H3. The topological polar surface area (TPSA) is 88.1 Å². The fourth-order valence-corrected chi connectivity index (χ4v) is 4.65. The monoisotopic (exact) mass is 484 g/mol. The molecular weight excluding hydrogens is 471 g/mol. The first kappa shape index (κ1) is 21.3. The van der Waals surface area contributed by atoms with E-state index in [1.807, 2.05) is 0 Å². The van der Waals surface area contributed by atoms with Crippen LogP contribution in [0.1, 0.15) is 40.9 Å². The largest absolute Gasteiger partial charge is 0.453 e. The van der Waals surface area contributed by atoms with Gasteiger partial charge < -0.3 is 18.9 Å². The molecular formula is C24H14Cl2O7. The van der Waals surface area contributed by atoms with Gasteiger partial charge in [0.15, 0.2) is 28.6 Å². The van der Waals surface area contributed by atoms with Gasteiger partial charge in [-0.2, -0.15) is 0 Å². The van der Waals surface area contributed by atoms with Crippen molar-refractivity contribution in [1.29, 1.82) is 0 Å². The molecule has 0 amide bonds. The molecule has 2 aliphatic rings. The normalized spacial score (nSPS) is 14.5. The Bertz CT molecular complexity index is 1310. The Labute approximate surface area is 197 Å². The number of esters is 3. The SMILES string of the molecule is CC(=O)Oc1ccc2c(c1Cl)Oc1c(ccc(OC(C)=O)c1Cl)C21OC(=O)c2ccccc21. The first-order valence-electron chi connectivity index (χ1n) is 9.77. The van der Waals surface area contributed by atoms with Crippen LogP contribution in [0.5, 0.6) is 23.0 Å². The Morgan fingerprint density at radius 3 is 1.82 bits per heavy atom. The predicted molar refractivity (Wildman–Crippen MR) is 117 cm³/mol. The molecule has 3 aromatic rings. The molecule has 0 unspecified atom stereocenters. The number of hydrogen-bond acceptors (Lipinski definition) is 7. The number of carbonyl (C=O) groups excluding carboxylic acids is 3. The minimum atomic E-state index is -1.44. The fourth-order valence-electron chi connectivity index (χ4n) is 4.16. The van der Waals surface area contributed by atoms with E-state index in [1.165, 1.54) is 26.0 Å². The van der Waals surface area contributed by atoms with Crippen LogP contribution in [0.4, 0.5) is 0 Å². The van der Waals surface area contributed by atoms with Gasteiger partial charge in [-0.15, -0.1) is 0 Å². The Balaban J connectivity index is 1.84. The molecule has 0 saturated carbocycles. The lowest BCUT2D eigenvalue weighted by Gasteiger charge is -2.37. The Morgan fingerprint density at radius 1 is 0.788 bits per heavy atom. The van der Waals surface area contributed by atoms with Crippen LogP contribution in [-0.4, -0.2) is 17.9 Å². The van der Waals surface area contributed by atoms with Crippen LogP contribution in [0, 0.1) is 0 Å². The Kier molecular flexibility index (Phi) is 4.84. The van der Waals surface area contributed by atoms with Gasteiger partial charge in [-0.25, -0.2) is 4.79 Å². The molecule has 33 heavy (non-hydrogen) atoms. The van der Waals surface area contributed by atoms with E-state index in [2.05, 4.69) is 0 Å². The quantitative estimate of drug-likeness (QED) is 0.354. The zero-order valence-electron chi connectivity index (χ0n) is 17.2. The molecule has 2 aliphatic heterocycles. The second-order valence-electron chi connectivity index (χ2n) is 7.41. The maximum atomic E-state index is 12.9. The van der Waals surface area contributed by atoms with Gasteiger partial charge in [-0.05, 0) is 30.3 Å². The average Bonchev–Trinajstić information content (AvgIpc) is 3.06. The minimum Gasteiger partial charge on any atom is -0.453 e. The second-order valence-corrected chi connectivity index (χ2v) is 8.17. The third-order valence-electron chi connectivity index (χ3n) is 5.37. The average molecular weight is 485 g/mol. The van der Waals surface area contributed by atoms with Crippen molar-refractivity contribution in [2.24, 2.45) is 0 Å². The van der Waals surface area contributed by atoms with E-state index in [-0.39, 0.29) is 33.0 Å². The van der Waals surface area contributed by atoms with Gasteiger partial charge in [0.05, 0.1) is 5.56 Å². The molecule has 7 nitrogen and oxygen atoms in total. The summed E-state index contributed by atoms with van der Waals surface area (Å²) in [6.45, 7) is 2.48. The number of hydrogen-bond donors (Lipinski definition) is 0. The van der Waals surface area contributed by atoms with Crippen LogP contribution in [-0.2, 0) is 19.9 Å². The van der Waals surface area contributed by atoms with Crippen molar-refractivity contribution < 1.29 is 33.3 Å². The molecule has 1 spiro atoms. The zero-order valence-corrected chi connectivity index (χ0v) is 18.7. The summed E-state index contributed by atoms with van der Waals surface area (Å²) < 4.78 is 22.5. The van der Waals surface area contributed by atoms with Crippen LogP contribution < -0.4 is 14.2 Å².